The molecule has 142 valence electrons. The molecular formula is C22H26N2O3. The van der Waals surface area contributed by atoms with E-state index in [9.17, 15) is 9.59 Å². The molecule has 0 bridgehead atoms. The molecule has 1 N–H and O–H groups in total. The molecular weight excluding hydrogens is 340 g/mol. The zero-order chi connectivity index (χ0) is 19.4. The monoisotopic (exact) mass is 366 g/mol. The maximum absolute atomic E-state index is 12.7. The highest BCUT2D eigenvalue weighted by atomic mass is 16.5. The number of likely N-dealkylation sites (tertiary alicyclic amines) is 1. The number of nitrogens with one attached hydrogen (secondary N) is 1. The number of benzene rings is 2. The highest BCUT2D eigenvalue weighted by Crippen LogP contribution is 2.32. The summed E-state index contributed by atoms with van der Waals surface area (Å²) in [4.78, 5) is 27.0. The minimum atomic E-state index is -0.213. The lowest BCUT2D eigenvalue weighted by molar-refractivity contribution is -0.131. The lowest BCUT2D eigenvalue weighted by atomic mass is 10.0. The Bertz CT molecular complexity index is 810. The average Bonchev–Trinajstić information content (AvgIpc) is 3.15. The van der Waals surface area contributed by atoms with Gasteiger partial charge in [0, 0.05) is 12.1 Å². The van der Waals surface area contributed by atoms with Gasteiger partial charge in [0.05, 0.1) is 19.7 Å². The fraction of sp³-hybridized carbons (Fsp3) is 0.364. The SMILES string of the molecule is COc1ccc(C2CCCN2C(=O)CNC(=O)c2cc(C)cc(C)c2)cc1. The van der Waals surface area contributed by atoms with E-state index in [1.165, 1.54) is 0 Å². The summed E-state index contributed by atoms with van der Waals surface area (Å²) < 4.78 is 5.20. The van der Waals surface area contributed by atoms with E-state index in [1.54, 1.807) is 7.11 Å². The van der Waals surface area contributed by atoms with Crippen molar-refractivity contribution in [2.24, 2.45) is 0 Å². The van der Waals surface area contributed by atoms with Crippen molar-refractivity contribution in [1.29, 1.82) is 0 Å². The predicted molar refractivity (Wildman–Crippen MR) is 105 cm³/mol. The molecule has 0 aromatic heterocycles. The molecule has 2 aromatic carbocycles. The highest BCUT2D eigenvalue weighted by Gasteiger charge is 2.29. The van der Waals surface area contributed by atoms with Gasteiger partial charge in [-0.05, 0) is 56.5 Å². The van der Waals surface area contributed by atoms with Crippen molar-refractivity contribution in [2.75, 3.05) is 20.2 Å². The van der Waals surface area contributed by atoms with Gasteiger partial charge in [-0.2, -0.15) is 0 Å². The second-order valence-electron chi connectivity index (χ2n) is 7.08. The van der Waals surface area contributed by atoms with Gasteiger partial charge >= 0.3 is 0 Å². The van der Waals surface area contributed by atoms with Gasteiger partial charge in [0.15, 0.2) is 0 Å². The molecule has 0 spiro atoms. The molecule has 1 atom stereocenters. The van der Waals surface area contributed by atoms with Gasteiger partial charge in [0.1, 0.15) is 5.75 Å². The molecule has 2 amide bonds. The fourth-order valence-electron chi connectivity index (χ4n) is 3.70. The summed E-state index contributed by atoms with van der Waals surface area (Å²) in [6.45, 7) is 4.64. The molecule has 3 rings (SSSR count). The maximum atomic E-state index is 12.7. The van der Waals surface area contributed by atoms with Crippen LogP contribution in [0.25, 0.3) is 0 Å². The van der Waals surface area contributed by atoms with Crippen LogP contribution in [-0.4, -0.2) is 36.9 Å². The van der Waals surface area contributed by atoms with Gasteiger partial charge in [-0.15, -0.1) is 0 Å². The number of nitrogens with zero attached hydrogens (tertiary/aromatic N) is 1. The van der Waals surface area contributed by atoms with Crippen molar-refractivity contribution in [1.82, 2.24) is 10.2 Å². The minimum Gasteiger partial charge on any atom is -0.497 e. The Morgan fingerprint density at radius 1 is 1.11 bits per heavy atom. The van der Waals surface area contributed by atoms with E-state index in [-0.39, 0.29) is 24.4 Å². The molecule has 1 aliphatic rings. The van der Waals surface area contributed by atoms with Gasteiger partial charge < -0.3 is 15.0 Å². The molecule has 5 heteroatoms. The van der Waals surface area contributed by atoms with Crippen LogP contribution in [0, 0.1) is 13.8 Å². The van der Waals surface area contributed by atoms with Crippen LogP contribution in [0.3, 0.4) is 0 Å². The van der Waals surface area contributed by atoms with E-state index in [4.69, 9.17) is 4.74 Å². The molecule has 0 saturated carbocycles. The predicted octanol–water partition coefficient (Wildman–Crippen LogP) is 3.41. The van der Waals surface area contributed by atoms with Gasteiger partial charge in [-0.25, -0.2) is 0 Å². The van der Waals surface area contributed by atoms with Crippen molar-refractivity contribution < 1.29 is 14.3 Å². The number of rotatable bonds is 5. The number of methoxy groups -OCH3 is 1. The third-order valence-corrected chi connectivity index (χ3v) is 4.96. The van der Waals surface area contributed by atoms with E-state index in [0.29, 0.717) is 5.56 Å². The van der Waals surface area contributed by atoms with E-state index in [1.807, 2.05) is 61.2 Å². The summed E-state index contributed by atoms with van der Waals surface area (Å²) in [5.74, 6) is 0.539. The van der Waals surface area contributed by atoms with Gasteiger partial charge in [-0.1, -0.05) is 29.3 Å². The molecule has 27 heavy (non-hydrogen) atoms. The summed E-state index contributed by atoms with van der Waals surface area (Å²) in [5, 5.41) is 2.77. The van der Waals surface area contributed by atoms with Crippen molar-refractivity contribution in [3.63, 3.8) is 0 Å². The Kier molecular flexibility index (Phi) is 5.79. The molecule has 2 aromatic rings. The number of aryl methyl sites for hydroxylation is 2. The van der Waals surface area contributed by atoms with Crippen LogP contribution < -0.4 is 10.1 Å². The topological polar surface area (TPSA) is 58.6 Å². The third-order valence-electron chi connectivity index (χ3n) is 4.96. The quantitative estimate of drug-likeness (QED) is 0.882. The number of hydrogen-bond acceptors (Lipinski definition) is 3. The molecule has 5 nitrogen and oxygen atoms in total. The summed E-state index contributed by atoms with van der Waals surface area (Å²) in [7, 11) is 1.64. The Balaban J connectivity index is 1.63. The summed E-state index contributed by atoms with van der Waals surface area (Å²) in [6.07, 6.45) is 1.90. The first-order chi connectivity index (χ1) is 13.0. The number of carbonyl (C=O) groups is 2. The number of hydrogen-bond donors (Lipinski definition) is 1. The first-order valence-electron chi connectivity index (χ1n) is 9.28. The van der Waals surface area contributed by atoms with Gasteiger partial charge in [-0.3, -0.25) is 9.59 Å². The van der Waals surface area contributed by atoms with Crippen LogP contribution in [-0.2, 0) is 4.79 Å². The molecule has 1 heterocycles. The fourth-order valence-corrected chi connectivity index (χ4v) is 3.70. The summed E-state index contributed by atoms with van der Waals surface area (Å²) in [6, 6.07) is 13.6. The highest BCUT2D eigenvalue weighted by molar-refractivity contribution is 5.96. The largest absolute Gasteiger partial charge is 0.497 e. The van der Waals surface area contributed by atoms with E-state index < -0.39 is 0 Å². The Morgan fingerprint density at radius 2 is 1.78 bits per heavy atom. The second kappa shape index (κ2) is 8.25. The average molecular weight is 366 g/mol. The lowest BCUT2D eigenvalue weighted by Gasteiger charge is -2.25. The zero-order valence-electron chi connectivity index (χ0n) is 16.1. The van der Waals surface area contributed by atoms with E-state index >= 15 is 0 Å². The van der Waals surface area contributed by atoms with Crippen LogP contribution in [0.15, 0.2) is 42.5 Å². The smallest absolute Gasteiger partial charge is 0.251 e. The first-order valence-corrected chi connectivity index (χ1v) is 9.28. The zero-order valence-corrected chi connectivity index (χ0v) is 16.1. The third kappa shape index (κ3) is 4.48. The van der Waals surface area contributed by atoms with Crippen LogP contribution in [0.1, 0.15) is 45.9 Å². The van der Waals surface area contributed by atoms with Crippen molar-refractivity contribution in [2.45, 2.75) is 32.7 Å². The second-order valence-corrected chi connectivity index (χ2v) is 7.08. The molecule has 1 aliphatic heterocycles. The summed E-state index contributed by atoms with van der Waals surface area (Å²) >= 11 is 0. The molecule has 0 aliphatic carbocycles. The Hall–Kier alpha value is -2.82. The number of carbonyl (C=O) groups excluding carboxylic acids is 2. The van der Waals surface area contributed by atoms with Crippen molar-refractivity contribution >= 4 is 11.8 Å². The van der Waals surface area contributed by atoms with Gasteiger partial charge in [0.2, 0.25) is 5.91 Å². The molecule has 0 radical (unpaired) electrons. The molecule has 1 fully saturated rings. The maximum Gasteiger partial charge on any atom is 0.251 e. The summed E-state index contributed by atoms with van der Waals surface area (Å²) in [5.41, 5.74) is 3.76. The van der Waals surface area contributed by atoms with Crippen molar-refractivity contribution in [3.05, 3.63) is 64.7 Å². The van der Waals surface area contributed by atoms with Crippen LogP contribution in [0.2, 0.25) is 0 Å². The first kappa shape index (κ1) is 19.0. The Labute approximate surface area is 160 Å². The van der Waals surface area contributed by atoms with Crippen LogP contribution in [0.5, 0.6) is 5.75 Å². The number of ether oxygens (including phenoxy) is 1. The normalized spacial score (nSPS) is 16.3. The number of amides is 2. The Morgan fingerprint density at radius 3 is 2.41 bits per heavy atom. The standard InChI is InChI=1S/C22H26N2O3/c1-15-11-16(2)13-18(12-15)22(26)23-14-21(25)24-10-4-5-20(24)17-6-8-19(27-3)9-7-17/h6-9,11-13,20H,4-5,10,14H2,1-3H3,(H,23,26). The van der Waals surface area contributed by atoms with E-state index in [0.717, 1.165) is 41.8 Å². The molecule has 1 saturated heterocycles. The van der Waals surface area contributed by atoms with Gasteiger partial charge in [0.25, 0.3) is 5.91 Å². The van der Waals surface area contributed by atoms with Crippen molar-refractivity contribution in [3.8, 4) is 5.75 Å². The minimum absolute atomic E-state index is 0.0124. The van der Waals surface area contributed by atoms with Crippen LogP contribution in [0.4, 0.5) is 0 Å². The van der Waals surface area contributed by atoms with Crippen LogP contribution >= 0.6 is 0 Å². The lowest BCUT2D eigenvalue weighted by Crippen LogP contribution is -2.39. The molecule has 1 unspecified atom stereocenters. The van der Waals surface area contributed by atoms with E-state index in [2.05, 4.69) is 5.32 Å².